The van der Waals surface area contributed by atoms with E-state index in [2.05, 4.69) is 21.8 Å². The van der Waals surface area contributed by atoms with Crippen LogP contribution in [0, 0.1) is 11.8 Å². The van der Waals surface area contributed by atoms with Crippen molar-refractivity contribution in [2.75, 3.05) is 18.8 Å². The van der Waals surface area contributed by atoms with Gasteiger partial charge in [-0.1, -0.05) is 17.9 Å². The summed E-state index contributed by atoms with van der Waals surface area (Å²) in [7, 11) is 0. The van der Waals surface area contributed by atoms with Crippen LogP contribution in [0.2, 0.25) is 0 Å². The number of hydrogen-bond donors (Lipinski definition) is 2. The molecule has 0 aliphatic carbocycles. The van der Waals surface area contributed by atoms with Gasteiger partial charge in [-0.3, -0.25) is 4.79 Å². The van der Waals surface area contributed by atoms with E-state index in [-0.39, 0.29) is 11.9 Å². The maximum atomic E-state index is 12.8. The molecule has 1 aromatic carbocycles. The lowest BCUT2D eigenvalue weighted by atomic mass is 9.93. The van der Waals surface area contributed by atoms with Crippen molar-refractivity contribution in [3.8, 4) is 11.8 Å². The number of anilines is 1. The Morgan fingerprint density at radius 3 is 2.70 bits per heavy atom. The maximum Gasteiger partial charge on any atom is 0.253 e. The summed E-state index contributed by atoms with van der Waals surface area (Å²) in [4.78, 5) is 22.9. The molecule has 6 nitrogen and oxygen atoms in total. The third-order valence-corrected chi connectivity index (χ3v) is 4.52. The normalized spacial score (nSPS) is 15.1. The van der Waals surface area contributed by atoms with E-state index in [0.29, 0.717) is 30.1 Å². The van der Waals surface area contributed by atoms with Crippen molar-refractivity contribution in [2.24, 2.45) is 0 Å². The van der Waals surface area contributed by atoms with Crippen LogP contribution in [-0.2, 0) is 0 Å². The van der Waals surface area contributed by atoms with Gasteiger partial charge in [0, 0.05) is 42.0 Å². The Hall–Kier alpha value is -2.91. The van der Waals surface area contributed by atoms with E-state index in [9.17, 15) is 9.90 Å². The number of aromatic nitrogens is 2. The quantitative estimate of drug-likeness (QED) is 0.797. The molecule has 0 spiro atoms. The maximum absolute atomic E-state index is 12.8. The minimum Gasteiger partial charge on any atom is -0.378 e. The van der Waals surface area contributed by atoms with Gasteiger partial charge < -0.3 is 15.7 Å². The molecular formula is C21H24N4O2. The first kappa shape index (κ1) is 18.9. The second-order valence-corrected chi connectivity index (χ2v) is 7.30. The lowest BCUT2D eigenvalue weighted by Gasteiger charge is -2.31. The number of hydrogen-bond acceptors (Lipinski definition) is 5. The monoisotopic (exact) mass is 364 g/mol. The highest BCUT2D eigenvalue weighted by Gasteiger charge is 2.25. The first-order valence-corrected chi connectivity index (χ1v) is 9.05. The van der Waals surface area contributed by atoms with Gasteiger partial charge in [-0.05, 0) is 51.0 Å². The van der Waals surface area contributed by atoms with Gasteiger partial charge in [0.05, 0.1) is 0 Å². The molecule has 1 saturated heterocycles. The average molecular weight is 364 g/mol. The fraction of sp³-hybridized carbons (Fsp3) is 0.381. The number of nitrogen functional groups attached to an aromatic ring is 1. The van der Waals surface area contributed by atoms with Crippen molar-refractivity contribution in [3.05, 3.63) is 53.3 Å². The molecule has 1 aromatic heterocycles. The van der Waals surface area contributed by atoms with Gasteiger partial charge in [0.2, 0.25) is 5.95 Å². The molecule has 27 heavy (non-hydrogen) atoms. The van der Waals surface area contributed by atoms with Crippen LogP contribution in [0.3, 0.4) is 0 Å². The average Bonchev–Trinajstić information content (AvgIpc) is 2.66. The standard InChI is InChI=1S/C21H24N4O2/c1-21(2,27)10-6-15-4-3-5-17(14-15)19(26)25-12-8-16(9-13-25)18-7-11-23-20(22)24-18/h3-5,7,11,14,16,27H,8-9,12-13H2,1-2H3,(H2,22,23,24). The topological polar surface area (TPSA) is 92.3 Å². The number of benzene rings is 1. The summed E-state index contributed by atoms with van der Waals surface area (Å²) in [5.41, 5.74) is 6.88. The summed E-state index contributed by atoms with van der Waals surface area (Å²) in [6.45, 7) is 4.61. The van der Waals surface area contributed by atoms with Gasteiger partial charge in [-0.25, -0.2) is 9.97 Å². The third kappa shape index (κ3) is 5.05. The molecule has 6 heteroatoms. The molecule has 1 amide bonds. The fourth-order valence-electron chi connectivity index (χ4n) is 3.13. The van der Waals surface area contributed by atoms with Gasteiger partial charge in [-0.2, -0.15) is 0 Å². The Kier molecular flexibility index (Phi) is 5.43. The largest absolute Gasteiger partial charge is 0.378 e. The third-order valence-electron chi connectivity index (χ3n) is 4.52. The van der Waals surface area contributed by atoms with Gasteiger partial charge in [0.15, 0.2) is 0 Å². The highest BCUT2D eigenvalue weighted by molar-refractivity contribution is 5.94. The zero-order chi connectivity index (χ0) is 19.4. The van der Waals surface area contributed by atoms with E-state index >= 15 is 0 Å². The number of carbonyl (C=O) groups excluding carboxylic acids is 1. The molecule has 0 atom stereocenters. The zero-order valence-electron chi connectivity index (χ0n) is 15.6. The lowest BCUT2D eigenvalue weighted by molar-refractivity contribution is 0.0712. The second kappa shape index (κ2) is 7.77. The van der Waals surface area contributed by atoms with Crippen molar-refractivity contribution >= 4 is 11.9 Å². The Balaban J connectivity index is 1.66. The Labute approximate surface area is 159 Å². The predicted octanol–water partition coefficient (Wildman–Crippen LogP) is 2.20. The fourth-order valence-corrected chi connectivity index (χ4v) is 3.13. The number of likely N-dealkylation sites (tertiary alicyclic amines) is 1. The number of aliphatic hydroxyl groups is 1. The van der Waals surface area contributed by atoms with Crippen molar-refractivity contribution in [3.63, 3.8) is 0 Å². The van der Waals surface area contributed by atoms with E-state index in [4.69, 9.17) is 5.73 Å². The number of rotatable bonds is 2. The first-order valence-electron chi connectivity index (χ1n) is 9.05. The minimum absolute atomic E-state index is 0.00237. The molecule has 2 heterocycles. The number of nitrogens with two attached hydrogens (primary N) is 1. The van der Waals surface area contributed by atoms with E-state index in [1.165, 1.54) is 0 Å². The summed E-state index contributed by atoms with van der Waals surface area (Å²) in [5, 5.41) is 9.73. The summed E-state index contributed by atoms with van der Waals surface area (Å²) in [6.07, 6.45) is 3.37. The highest BCUT2D eigenvalue weighted by Crippen LogP contribution is 2.27. The molecule has 2 aromatic rings. The van der Waals surface area contributed by atoms with Crippen molar-refractivity contribution in [2.45, 2.75) is 38.2 Å². The SMILES string of the molecule is CC(C)(O)C#Cc1cccc(C(=O)N2CCC(c3ccnc(N)n3)CC2)c1. The Bertz CT molecular complexity index is 885. The molecule has 0 unspecified atom stereocenters. The zero-order valence-corrected chi connectivity index (χ0v) is 15.6. The molecule has 1 fully saturated rings. The lowest BCUT2D eigenvalue weighted by Crippen LogP contribution is -2.38. The van der Waals surface area contributed by atoms with Crippen LogP contribution in [0.4, 0.5) is 5.95 Å². The van der Waals surface area contributed by atoms with E-state index in [1.807, 2.05) is 23.1 Å². The second-order valence-electron chi connectivity index (χ2n) is 7.30. The summed E-state index contributed by atoms with van der Waals surface area (Å²) in [5.74, 6) is 6.27. The predicted molar refractivity (Wildman–Crippen MR) is 104 cm³/mol. The van der Waals surface area contributed by atoms with Gasteiger partial charge >= 0.3 is 0 Å². The number of piperidine rings is 1. The van der Waals surface area contributed by atoms with Gasteiger partial charge in [-0.15, -0.1) is 0 Å². The number of amides is 1. The molecule has 140 valence electrons. The Morgan fingerprint density at radius 2 is 2.04 bits per heavy atom. The van der Waals surface area contributed by atoms with Crippen LogP contribution in [0.15, 0.2) is 36.5 Å². The number of carbonyl (C=O) groups is 1. The van der Waals surface area contributed by atoms with E-state index < -0.39 is 5.60 Å². The van der Waals surface area contributed by atoms with Crippen molar-refractivity contribution in [1.82, 2.24) is 14.9 Å². The van der Waals surface area contributed by atoms with Crippen molar-refractivity contribution < 1.29 is 9.90 Å². The highest BCUT2D eigenvalue weighted by atomic mass is 16.3. The molecule has 0 radical (unpaired) electrons. The molecule has 3 rings (SSSR count). The molecule has 0 bridgehead atoms. The number of nitrogens with zero attached hydrogens (tertiary/aromatic N) is 3. The van der Waals surface area contributed by atoms with Crippen LogP contribution in [0.5, 0.6) is 0 Å². The van der Waals surface area contributed by atoms with Crippen LogP contribution < -0.4 is 5.73 Å². The van der Waals surface area contributed by atoms with Crippen molar-refractivity contribution in [1.29, 1.82) is 0 Å². The summed E-state index contributed by atoms with van der Waals surface area (Å²) in [6, 6.07) is 9.12. The first-order chi connectivity index (χ1) is 12.8. The van der Waals surface area contributed by atoms with Gasteiger partial charge in [0.25, 0.3) is 5.91 Å². The molecule has 1 aliphatic rings. The summed E-state index contributed by atoms with van der Waals surface area (Å²) >= 11 is 0. The smallest absolute Gasteiger partial charge is 0.253 e. The molecule has 1 aliphatic heterocycles. The van der Waals surface area contributed by atoms with E-state index in [0.717, 1.165) is 18.5 Å². The van der Waals surface area contributed by atoms with Crippen LogP contribution in [0.25, 0.3) is 0 Å². The molecule has 3 N–H and O–H groups in total. The van der Waals surface area contributed by atoms with Crippen LogP contribution in [0.1, 0.15) is 54.2 Å². The van der Waals surface area contributed by atoms with Gasteiger partial charge in [0.1, 0.15) is 5.60 Å². The Morgan fingerprint density at radius 1 is 1.30 bits per heavy atom. The molecule has 0 saturated carbocycles. The van der Waals surface area contributed by atoms with Crippen LogP contribution >= 0.6 is 0 Å². The molecular weight excluding hydrogens is 340 g/mol. The minimum atomic E-state index is -1.06. The van der Waals surface area contributed by atoms with Crippen LogP contribution in [-0.4, -0.2) is 44.6 Å². The summed E-state index contributed by atoms with van der Waals surface area (Å²) < 4.78 is 0. The van der Waals surface area contributed by atoms with E-state index in [1.54, 1.807) is 32.2 Å².